The van der Waals surface area contributed by atoms with Crippen LogP contribution in [-0.4, -0.2) is 12.8 Å². The molecule has 3 heteroatoms. The van der Waals surface area contributed by atoms with Gasteiger partial charge in [0.15, 0.2) is 0 Å². The quantitative estimate of drug-likeness (QED) is 0.747. The lowest BCUT2D eigenvalue weighted by atomic mass is 10.1. The summed E-state index contributed by atoms with van der Waals surface area (Å²) in [6, 6.07) is 14.0. The SMILES string of the molecule is COc1ccccc1/N=C(/C)c1ccccc1F. The summed E-state index contributed by atoms with van der Waals surface area (Å²) in [5, 5.41) is 0. The Labute approximate surface area is 106 Å². The van der Waals surface area contributed by atoms with Gasteiger partial charge in [0.25, 0.3) is 0 Å². The van der Waals surface area contributed by atoms with E-state index in [0.29, 0.717) is 22.7 Å². The van der Waals surface area contributed by atoms with Crippen molar-refractivity contribution < 1.29 is 9.13 Å². The fourth-order valence-electron chi connectivity index (χ4n) is 1.72. The van der Waals surface area contributed by atoms with Gasteiger partial charge in [-0.2, -0.15) is 0 Å². The van der Waals surface area contributed by atoms with Crippen molar-refractivity contribution >= 4 is 11.4 Å². The van der Waals surface area contributed by atoms with Crippen LogP contribution in [0.4, 0.5) is 10.1 Å². The van der Waals surface area contributed by atoms with Crippen LogP contribution in [0.2, 0.25) is 0 Å². The minimum Gasteiger partial charge on any atom is -0.494 e. The van der Waals surface area contributed by atoms with Crippen molar-refractivity contribution in [3.63, 3.8) is 0 Å². The molecule has 0 aliphatic heterocycles. The molecule has 0 radical (unpaired) electrons. The third kappa shape index (κ3) is 2.56. The Morgan fingerprint density at radius 1 is 1.06 bits per heavy atom. The van der Waals surface area contributed by atoms with E-state index in [1.54, 1.807) is 32.2 Å². The Hall–Kier alpha value is -2.16. The molecule has 0 amide bonds. The maximum Gasteiger partial charge on any atom is 0.144 e. The number of rotatable bonds is 3. The molecule has 18 heavy (non-hydrogen) atoms. The normalized spacial score (nSPS) is 11.4. The predicted molar refractivity (Wildman–Crippen MR) is 71.3 cm³/mol. The third-order valence-electron chi connectivity index (χ3n) is 2.64. The van der Waals surface area contributed by atoms with Crippen molar-refractivity contribution in [2.75, 3.05) is 7.11 Å². The first-order valence-corrected chi connectivity index (χ1v) is 5.65. The third-order valence-corrected chi connectivity index (χ3v) is 2.64. The minimum absolute atomic E-state index is 0.270. The van der Waals surface area contributed by atoms with Crippen LogP contribution < -0.4 is 4.74 Å². The highest BCUT2D eigenvalue weighted by molar-refractivity contribution is 6.00. The summed E-state index contributed by atoms with van der Waals surface area (Å²) >= 11 is 0. The molecule has 0 unspecified atom stereocenters. The highest BCUT2D eigenvalue weighted by Gasteiger charge is 2.06. The maximum absolute atomic E-state index is 13.6. The molecule has 0 aliphatic carbocycles. The highest BCUT2D eigenvalue weighted by Crippen LogP contribution is 2.27. The number of hydrogen-bond donors (Lipinski definition) is 0. The van der Waals surface area contributed by atoms with E-state index < -0.39 is 0 Å². The van der Waals surface area contributed by atoms with Gasteiger partial charge in [-0.1, -0.05) is 30.3 Å². The summed E-state index contributed by atoms with van der Waals surface area (Å²) in [5.41, 5.74) is 1.82. The van der Waals surface area contributed by atoms with E-state index in [2.05, 4.69) is 4.99 Å². The Kier molecular flexibility index (Phi) is 3.72. The Morgan fingerprint density at radius 2 is 1.72 bits per heavy atom. The Bertz CT molecular complexity index is 578. The van der Waals surface area contributed by atoms with Crippen LogP contribution in [0.5, 0.6) is 5.75 Å². The number of aliphatic imine (C=N–C) groups is 1. The van der Waals surface area contributed by atoms with Crippen LogP contribution >= 0.6 is 0 Å². The fourth-order valence-corrected chi connectivity index (χ4v) is 1.72. The maximum atomic E-state index is 13.6. The van der Waals surface area contributed by atoms with Crippen LogP contribution in [0.3, 0.4) is 0 Å². The first kappa shape index (κ1) is 12.3. The molecule has 0 saturated carbocycles. The molecule has 0 fully saturated rings. The molecule has 2 nitrogen and oxygen atoms in total. The average molecular weight is 243 g/mol. The van der Waals surface area contributed by atoms with E-state index in [4.69, 9.17) is 4.74 Å². The van der Waals surface area contributed by atoms with Gasteiger partial charge >= 0.3 is 0 Å². The van der Waals surface area contributed by atoms with Gasteiger partial charge in [0.2, 0.25) is 0 Å². The monoisotopic (exact) mass is 243 g/mol. The van der Waals surface area contributed by atoms with Crippen LogP contribution in [0, 0.1) is 5.82 Å². The molecule has 2 aromatic rings. The number of hydrogen-bond acceptors (Lipinski definition) is 2. The molecule has 92 valence electrons. The zero-order valence-corrected chi connectivity index (χ0v) is 10.4. The van der Waals surface area contributed by atoms with E-state index in [1.807, 2.05) is 24.3 Å². The van der Waals surface area contributed by atoms with Crippen molar-refractivity contribution in [1.82, 2.24) is 0 Å². The van der Waals surface area contributed by atoms with E-state index in [0.717, 1.165) is 0 Å². The second-order valence-electron chi connectivity index (χ2n) is 3.85. The average Bonchev–Trinajstić information content (AvgIpc) is 2.39. The standard InChI is InChI=1S/C15H14FNO/c1-11(12-7-3-4-8-13(12)16)17-14-9-5-6-10-15(14)18-2/h3-10H,1-2H3/b17-11-. The number of para-hydroxylation sites is 2. The van der Waals surface area contributed by atoms with E-state index in [-0.39, 0.29) is 5.82 Å². The number of methoxy groups -OCH3 is 1. The van der Waals surface area contributed by atoms with E-state index in [1.165, 1.54) is 6.07 Å². The molecule has 2 rings (SSSR count). The van der Waals surface area contributed by atoms with Crippen LogP contribution in [0.1, 0.15) is 12.5 Å². The predicted octanol–water partition coefficient (Wildman–Crippen LogP) is 3.98. The first-order valence-electron chi connectivity index (χ1n) is 5.65. The summed E-state index contributed by atoms with van der Waals surface area (Å²) in [4.78, 5) is 4.41. The second-order valence-corrected chi connectivity index (χ2v) is 3.85. The lowest BCUT2D eigenvalue weighted by Gasteiger charge is -2.06. The van der Waals surface area contributed by atoms with Crippen LogP contribution in [0.25, 0.3) is 0 Å². The molecule has 0 N–H and O–H groups in total. The summed E-state index contributed by atoms with van der Waals surface area (Å²) in [6.45, 7) is 1.78. The van der Waals surface area contributed by atoms with Crippen molar-refractivity contribution in [2.45, 2.75) is 6.92 Å². The molecular weight excluding hydrogens is 229 g/mol. The van der Waals surface area contributed by atoms with Gasteiger partial charge in [0.05, 0.1) is 7.11 Å². The molecule has 0 aromatic heterocycles. The minimum atomic E-state index is -0.270. The lowest BCUT2D eigenvalue weighted by molar-refractivity contribution is 0.416. The fraction of sp³-hybridized carbons (Fsp3) is 0.133. The molecular formula is C15H14FNO. The van der Waals surface area contributed by atoms with E-state index in [9.17, 15) is 4.39 Å². The molecule has 0 atom stereocenters. The van der Waals surface area contributed by atoms with Crippen molar-refractivity contribution in [2.24, 2.45) is 4.99 Å². The van der Waals surface area contributed by atoms with Gasteiger partial charge < -0.3 is 4.74 Å². The summed E-state index contributed by atoms with van der Waals surface area (Å²) in [5.74, 6) is 0.404. The first-order chi connectivity index (χ1) is 8.72. The van der Waals surface area contributed by atoms with Crippen molar-refractivity contribution in [1.29, 1.82) is 0 Å². The molecule has 0 aliphatic rings. The van der Waals surface area contributed by atoms with Gasteiger partial charge in [-0.15, -0.1) is 0 Å². The van der Waals surface area contributed by atoms with Gasteiger partial charge in [0.1, 0.15) is 17.3 Å². The van der Waals surface area contributed by atoms with Gasteiger partial charge in [-0.25, -0.2) is 9.38 Å². The number of ether oxygens (including phenoxy) is 1. The van der Waals surface area contributed by atoms with E-state index >= 15 is 0 Å². The van der Waals surface area contributed by atoms with Crippen LogP contribution in [0.15, 0.2) is 53.5 Å². The van der Waals surface area contributed by atoms with Crippen molar-refractivity contribution in [3.8, 4) is 5.75 Å². The van der Waals surface area contributed by atoms with Gasteiger partial charge in [-0.3, -0.25) is 0 Å². The molecule has 0 spiro atoms. The van der Waals surface area contributed by atoms with Gasteiger partial charge in [-0.05, 0) is 25.1 Å². The number of nitrogens with zero attached hydrogens (tertiary/aromatic N) is 1. The smallest absolute Gasteiger partial charge is 0.144 e. The zero-order valence-electron chi connectivity index (χ0n) is 10.4. The molecule has 0 bridgehead atoms. The van der Waals surface area contributed by atoms with Crippen LogP contribution in [-0.2, 0) is 0 Å². The summed E-state index contributed by atoms with van der Waals surface area (Å²) in [6.07, 6.45) is 0. The second kappa shape index (κ2) is 5.45. The molecule has 2 aromatic carbocycles. The Morgan fingerprint density at radius 3 is 2.44 bits per heavy atom. The Balaban J connectivity index is 2.42. The summed E-state index contributed by atoms with van der Waals surface area (Å²) < 4.78 is 18.8. The molecule has 0 heterocycles. The van der Waals surface area contributed by atoms with Crippen molar-refractivity contribution in [3.05, 3.63) is 59.9 Å². The lowest BCUT2D eigenvalue weighted by Crippen LogP contribution is -1.98. The largest absolute Gasteiger partial charge is 0.494 e. The summed E-state index contributed by atoms with van der Waals surface area (Å²) in [7, 11) is 1.59. The van der Waals surface area contributed by atoms with Gasteiger partial charge in [0, 0.05) is 11.3 Å². The number of benzene rings is 2. The highest BCUT2D eigenvalue weighted by atomic mass is 19.1. The zero-order chi connectivity index (χ0) is 13.0. The topological polar surface area (TPSA) is 21.6 Å². The molecule has 0 saturated heterocycles. The number of halogens is 1.